The van der Waals surface area contributed by atoms with Crippen molar-refractivity contribution in [2.24, 2.45) is 0 Å². The van der Waals surface area contributed by atoms with Gasteiger partial charge in [0, 0.05) is 10.8 Å². The molecule has 0 fully saturated rings. The highest BCUT2D eigenvalue weighted by molar-refractivity contribution is 6.25. The van der Waals surface area contributed by atoms with Gasteiger partial charge < -0.3 is 4.42 Å². The van der Waals surface area contributed by atoms with E-state index in [1.807, 2.05) is 91.0 Å². The summed E-state index contributed by atoms with van der Waals surface area (Å²) < 4.78 is 78.4. The fourth-order valence-corrected chi connectivity index (χ4v) is 6.33. The summed E-state index contributed by atoms with van der Waals surface area (Å²) in [5.74, 6) is 0. The molecule has 0 spiro atoms. The second-order valence-corrected chi connectivity index (χ2v) is 10.2. The van der Waals surface area contributed by atoms with E-state index >= 15 is 0 Å². The van der Waals surface area contributed by atoms with E-state index in [1.165, 1.54) is 0 Å². The topological polar surface area (TPSA) is 13.1 Å². The Bertz CT molecular complexity index is 2840. The zero-order valence-corrected chi connectivity index (χ0v) is 21.6. The Balaban J connectivity index is 1.56. The fraction of sp³-hybridized carbons (Fsp3) is 0. The molecule has 0 saturated carbocycles. The molecule has 0 aliphatic carbocycles. The largest absolute Gasteiger partial charge is 0.456 e. The SMILES string of the molecule is [2H]c1c([2H])c([2H])c2c(-c3cccc4ccccc34)c3c([2H])c([2H])c([2H])c([2H])c3c(-c3ccc4oc5ccc6ccccc6c5c4c3)c2c1[2H]. The van der Waals surface area contributed by atoms with Crippen LogP contribution in [0.4, 0.5) is 0 Å². The molecule has 1 nitrogen and oxygen atoms in total. The van der Waals surface area contributed by atoms with Crippen molar-refractivity contribution in [1.29, 1.82) is 0 Å². The normalized spacial score (nSPS) is 14.6. The van der Waals surface area contributed by atoms with Crippen LogP contribution >= 0.6 is 0 Å². The molecule has 0 radical (unpaired) electrons. The first-order valence-electron chi connectivity index (χ1n) is 17.5. The van der Waals surface area contributed by atoms with Crippen molar-refractivity contribution >= 4 is 65.0 Å². The molecule has 0 bridgehead atoms. The second-order valence-electron chi connectivity index (χ2n) is 10.2. The highest BCUT2D eigenvalue weighted by Crippen LogP contribution is 2.46. The lowest BCUT2D eigenvalue weighted by molar-refractivity contribution is 0.669. The van der Waals surface area contributed by atoms with Crippen molar-refractivity contribution < 1.29 is 15.4 Å². The molecule has 1 heteroatoms. The van der Waals surface area contributed by atoms with Crippen LogP contribution in [0.1, 0.15) is 11.0 Å². The van der Waals surface area contributed by atoms with E-state index in [0.29, 0.717) is 33.4 Å². The molecule has 0 aliphatic heterocycles. The van der Waals surface area contributed by atoms with Gasteiger partial charge in [-0.25, -0.2) is 0 Å². The summed E-state index contributed by atoms with van der Waals surface area (Å²) in [6.45, 7) is 0. The minimum absolute atomic E-state index is 0.184. The van der Waals surface area contributed by atoms with Crippen molar-refractivity contribution in [2.45, 2.75) is 0 Å². The van der Waals surface area contributed by atoms with Crippen molar-refractivity contribution in [1.82, 2.24) is 0 Å². The van der Waals surface area contributed by atoms with Crippen LogP contribution in [0.2, 0.25) is 0 Å². The Morgan fingerprint density at radius 3 is 1.76 bits per heavy atom. The van der Waals surface area contributed by atoms with Gasteiger partial charge in [0.2, 0.25) is 0 Å². The van der Waals surface area contributed by atoms with Crippen LogP contribution in [-0.4, -0.2) is 0 Å². The zero-order valence-electron chi connectivity index (χ0n) is 29.6. The lowest BCUT2D eigenvalue weighted by Crippen LogP contribution is -1.91. The van der Waals surface area contributed by atoms with E-state index in [4.69, 9.17) is 9.90 Å². The molecular weight excluding hydrogens is 496 g/mol. The molecule has 9 rings (SSSR count). The number of rotatable bonds is 2. The van der Waals surface area contributed by atoms with Gasteiger partial charge in [-0.3, -0.25) is 0 Å². The molecule has 0 aliphatic rings. The van der Waals surface area contributed by atoms with E-state index in [0.717, 1.165) is 32.3 Å². The highest BCUT2D eigenvalue weighted by atomic mass is 16.3. The van der Waals surface area contributed by atoms with Gasteiger partial charge >= 0.3 is 0 Å². The van der Waals surface area contributed by atoms with Gasteiger partial charge in [0.25, 0.3) is 0 Å². The van der Waals surface area contributed by atoms with Crippen molar-refractivity contribution in [3.63, 3.8) is 0 Å². The number of fused-ring (bicyclic) bond motifs is 8. The van der Waals surface area contributed by atoms with E-state index in [9.17, 15) is 5.48 Å². The van der Waals surface area contributed by atoms with Crippen LogP contribution in [0.15, 0.2) is 150 Å². The van der Waals surface area contributed by atoms with Gasteiger partial charge in [0.05, 0.1) is 11.0 Å². The maximum absolute atomic E-state index is 9.30. The Hall–Kier alpha value is -5.40. The van der Waals surface area contributed by atoms with Gasteiger partial charge in [0.1, 0.15) is 11.2 Å². The van der Waals surface area contributed by atoms with Crippen molar-refractivity contribution in [3.05, 3.63) is 145 Å². The first kappa shape index (κ1) is 16.0. The molecule has 1 heterocycles. The molecule has 0 N–H and O–H groups in total. The van der Waals surface area contributed by atoms with E-state index < -0.39 is 24.2 Å². The average Bonchev–Trinajstić information content (AvgIpc) is 3.51. The molecule has 190 valence electrons. The lowest BCUT2D eigenvalue weighted by Gasteiger charge is -2.18. The van der Waals surface area contributed by atoms with Crippen LogP contribution in [0.3, 0.4) is 0 Å². The van der Waals surface area contributed by atoms with Crippen LogP contribution in [0, 0.1) is 0 Å². The second kappa shape index (κ2) is 8.55. The van der Waals surface area contributed by atoms with Gasteiger partial charge in [-0.1, -0.05) is 127 Å². The quantitative estimate of drug-likeness (QED) is 0.203. The molecule has 0 amide bonds. The molecule has 41 heavy (non-hydrogen) atoms. The third-order valence-corrected chi connectivity index (χ3v) is 8.08. The molecular formula is C40H24O. The van der Waals surface area contributed by atoms with E-state index in [2.05, 4.69) is 0 Å². The maximum atomic E-state index is 9.30. The number of hydrogen-bond acceptors (Lipinski definition) is 1. The third-order valence-electron chi connectivity index (χ3n) is 8.08. The Morgan fingerprint density at radius 1 is 0.439 bits per heavy atom. The maximum Gasteiger partial charge on any atom is 0.136 e. The standard InChI is InChI=1S/C40H24O/c1-3-13-28-25(10-1)12-9-19-30(28)39-33-17-7-5-15-31(33)38(32-16-6-8-18-34(32)39)27-21-22-36-35(24-27)40-29-14-4-2-11-26(29)20-23-37(40)41-36/h1-24H/i5D,6D,7D,8D,15D,16D,17D,18D. The summed E-state index contributed by atoms with van der Waals surface area (Å²) in [5, 5.41) is 6.12. The highest BCUT2D eigenvalue weighted by Gasteiger charge is 2.19. The Kier molecular flexibility index (Phi) is 3.34. The van der Waals surface area contributed by atoms with Gasteiger partial charge in [0.15, 0.2) is 0 Å². The number of furan rings is 1. The monoisotopic (exact) mass is 528 g/mol. The third kappa shape index (κ3) is 3.24. The van der Waals surface area contributed by atoms with Crippen LogP contribution in [-0.2, 0) is 0 Å². The van der Waals surface area contributed by atoms with Crippen LogP contribution in [0.25, 0.3) is 87.3 Å². The van der Waals surface area contributed by atoms with Crippen LogP contribution in [0.5, 0.6) is 0 Å². The molecule has 1 aromatic heterocycles. The summed E-state index contributed by atoms with van der Waals surface area (Å²) >= 11 is 0. The number of hydrogen-bond donors (Lipinski definition) is 0. The first-order valence-corrected chi connectivity index (χ1v) is 13.5. The molecule has 8 aromatic carbocycles. The lowest BCUT2D eigenvalue weighted by atomic mass is 9.84. The number of benzene rings is 8. The molecule has 0 atom stereocenters. The van der Waals surface area contributed by atoms with Gasteiger partial charge in [-0.15, -0.1) is 0 Å². The summed E-state index contributed by atoms with van der Waals surface area (Å²) in [5.41, 5.74) is 3.11. The summed E-state index contributed by atoms with van der Waals surface area (Å²) in [6, 6.07) is 27.8. The van der Waals surface area contributed by atoms with Crippen molar-refractivity contribution in [3.8, 4) is 22.3 Å². The smallest absolute Gasteiger partial charge is 0.136 e. The fourth-order valence-electron chi connectivity index (χ4n) is 6.33. The Labute approximate surface area is 248 Å². The zero-order chi connectivity index (χ0) is 33.9. The predicted molar refractivity (Wildman–Crippen MR) is 175 cm³/mol. The minimum atomic E-state index is -0.427. The van der Waals surface area contributed by atoms with Gasteiger partial charge in [-0.05, 0) is 83.5 Å². The summed E-state index contributed by atoms with van der Waals surface area (Å²) in [6.07, 6.45) is 0. The minimum Gasteiger partial charge on any atom is -0.456 e. The van der Waals surface area contributed by atoms with E-state index in [1.54, 1.807) is 6.07 Å². The molecule has 0 saturated heterocycles. The summed E-state index contributed by atoms with van der Waals surface area (Å²) in [4.78, 5) is 0. The molecule has 0 unspecified atom stereocenters. The average molecular weight is 529 g/mol. The Morgan fingerprint density at radius 2 is 1.02 bits per heavy atom. The first-order chi connectivity index (χ1) is 23.7. The van der Waals surface area contributed by atoms with Gasteiger partial charge in [-0.2, -0.15) is 0 Å². The molecule has 9 aromatic rings. The van der Waals surface area contributed by atoms with Crippen molar-refractivity contribution in [2.75, 3.05) is 0 Å². The van der Waals surface area contributed by atoms with E-state index in [-0.39, 0.29) is 45.7 Å². The van der Waals surface area contributed by atoms with Crippen LogP contribution < -0.4 is 0 Å². The predicted octanol–water partition coefficient (Wildman–Crippen LogP) is 11.5. The summed E-state index contributed by atoms with van der Waals surface area (Å²) in [7, 11) is 0.